The molecule has 2 bridgehead atoms. The number of rotatable bonds is 10. The van der Waals surface area contributed by atoms with Crippen molar-refractivity contribution in [2.75, 3.05) is 14.2 Å². The van der Waals surface area contributed by atoms with E-state index in [0.717, 1.165) is 25.3 Å². The second-order valence-electron chi connectivity index (χ2n) is 13.3. The zero-order chi connectivity index (χ0) is 30.9. The monoisotopic (exact) mass is 592 g/mol. The Balaban J connectivity index is 1.52. The summed E-state index contributed by atoms with van der Waals surface area (Å²) >= 11 is 0. The molecule has 2 amide bonds. The van der Waals surface area contributed by atoms with E-state index in [1.165, 1.54) is 20.3 Å². The summed E-state index contributed by atoms with van der Waals surface area (Å²) in [5.74, 6) is -2.81. The van der Waals surface area contributed by atoms with E-state index in [9.17, 15) is 14.4 Å². The number of hydrogen-bond donors (Lipinski definition) is 1. The van der Waals surface area contributed by atoms with E-state index in [2.05, 4.69) is 5.32 Å². The number of benzene rings is 1. The van der Waals surface area contributed by atoms with Crippen molar-refractivity contribution in [2.24, 2.45) is 35.0 Å². The van der Waals surface area contributed by atoms with Crippen LogP contribution in [0.5, 0.6) is 11.5 Å². The molecule has 42 heavy (non-hydrogen) atoms. The lowest BCUT2D eigenvalue weighted by Crippen LogP contribution is -2.52. The first-order valence-corrected chi connectivity index (χ1v) is 15.2. The Morgan fingerprint density at radius 2 is 1.60 bits per heavy atom. The minimum absolute atomic E-state index is 0.00186. The minimum Gasteiger partial charge on any atom is -0.496 e. The van der Waals surface area contributed by atoms with E-state index in [4.69, 9.17) is 14.2 Å². The maximum absolute atomic E-state index is 15.6. The number of ether oxygens (including phenoxy) is 3. The highest BCUT2D eigenvalue weighted by atomic mass is 19.2. The highest BCUT2D eigenvalue weighted by molar-refractivity contribution is 5.98. The van der Waals surface area contributed by atoms with Crippen LogP contribution in [-0.2, 0) is 14.3 Å². The van der Waals surface area contributed by atoms with Crippen LogP contribution in [0.15, 0.2) is 12.1 Å². The van der Waals surface area contributed by atoms with Crippen molar-refractivity contribution < 1.29 is 37.5 Å². The summed E-state index contributed by atoms with van der Waals surface area (Å²) in [6, 6.07) is 1.36. The normalized spacial score (nSPS) is 28.7. The van der Waals surface area contributed by atoms with Crippen LogP contribution in [0.1, 0.15) is 89.9 Å². The Kier molecular flexibility index (Phi) is 9.72. The summed E-state index contributed by atoms with van der Waals surface area (Å²) in [5, 5.41) is 3.40. The van der Waals surface area contributed by atoms with Gasteiger partial charge in [-0.3, -0.25) is 14.4 Å². The van der Waals surface area contributed by atoms with Crippen molar-refractivity contribution in [3.63, 3.8) is 0 Å². The molecule has 0 unspecified atom stereocenters. The average molecular weight is 593 g/mol. The summed E-state index contributed by atoms with van der Waals surface area (Å²) in [4.78, 5) is 39.4. The van der Waals surface area contributed by atoms with Crippen molar-refractivity contribution in [3.8, 4) is 11.5 Å². The number of hydrogen-bond acceptors (Lipinski definition) is 6. The number of halogens is 2. The second kappa shape index (κ2) is 12.8. The van der Waals surface area contributed by atoms with Crippen LogP contribution in [0, 0.1) is 40.8 Å². The summed E-state index contributed by atoms with van der Waals surface area (Å²) in [6.07, 6.45) is 4.23. The Morgan fingerprint density at radius 3 is 2.17 bits per heavy atom. The van der Waals surface area contributed by atoms with Gasteiger partial charge in [-0.05, 0) is 81.6 Å². The highest BCUT2D eigenvalue weighted by Gasteiger charge is 2.53. The number of amides is 2. The smallest absolute Gasteiger partial charge is 0.311 e. The van der Waals surface area contributed by atoms with Crippen molar-refractivity contribution >= 4 is 17.8 Å². The van der Waals surface area contributed by atoms with E-state index < -0.39 is 41.0 Å². The Morgan fingerprint density at radius 1 is 0.976 bits per heavy atom. The Bertz CT molecular complexity index is 1160. The van der Waals surface area contributed by atoms with Crippen LogP contribution >= 0.6 is 0 Å². The highest BCUT2D eigenvalue weighted by Crippen LogP contribution is 2.50. The van der Waals surface area contributed by atoms with Crippen LogP contribution in [0.4, 0.5) is 8.87 Å². The van der Waals surface area contributed by atoms with Gasteiger partial charge < -0.3 is 19.5 Å². The molecule has 0 aliphatic heterocycles. The zero-order valence-corrected chi connectivity index (χ0v) is 25.9. The number of methoxy groups -OCH3 is 2. The van der Waals surface area contributed by atoms with Gasteiger partial charge >= 0.3 is 5.97 Å². The van der Waals surface area contributed by atoms with Gasteiger partial charge in [0.1, 0.15) is 5.75 Å². The largest absolute Gasteiger partial charge is 0.496 e. The van der Waals surface area contributed by atoms with E-state index >= 15 is 8.87 Å². The molecule has 0 aromatic heterocycles. The van der Waals surface area contributed by atoms with Crippen molar-refractivity contribution in [1.29, 1.82) is 0 Å². The molecule has 4 atom stereocenters. The Hall–Kier alpha value is -2.91. The summed E-state index contributed by atoms with van der Waals surface area (Å²) < 4.78 is 46.9. The van der Waals surface area contributed by atoms with E-state index in [0.29, 0.717) is 30.8 Å². The fraction of sp³-hybridized carbons (Fsp3) is 0.719. The molecule has 0 radical (unpaired) electrons. The lowest BCUT2D eigenvalue weighted by atomic mass is 9.75. The lowest BCUT2D eigenvalue weighted by Gasteiger charge is -2.36. The fourth-order valence-corrected chi connectivity index (χ4v) is 7.61. The number of nitrogens with zero attached hydrogens (tertiary/aromatic N) is 1. The van der Waals surface area contributed by atoms with Crippen LogP contribution in [0.3, 0.4) is 0 Å². The Labute approximate surface area is 247 Å². The van der Waals surface area contributed by atoms with Gasteiger partial charge in [-0.2, -0.15) is 5.12 Å². The summed E-state index contributed by atoms with van der Waals surface area (Å²) in [6.45, 7) is 9.45. The third-order valence-corrected chi connectivity index (χ3v) is 9.84. The maximum atomic E-state index is 15.6. The SMILES string of the molecule is COc1cc(F)c(O[C@H]2CC[C@@](C)(C(=O)OC)CC2)cc1C(=O)N[C@@H]1[C@H]2CC[C@H](C2)[C@@H]1C(=O)N(F)C(C(C)C)C(C)C. The van der Waals surface area contributed by atoms with Gasteiger partial charge in [0.15, 0.2) is 11.6 Å². The molecule has 1 N–H and O–H groups in total. The molecule has 1 aromatic rings. The summed E-state index contributed by atoms with van der Waals surface area (Å²) in [5.41, 5.74) is -0.524. The molecular formula is C32H46F2N2O6. The molecule has 10 heteroatoms. The number of fused-ring (bicyclic) bond motifs is 2. The topological polar surface area (TPSA) is 94.2 Å². The quantitative estimate of drug-likeness (QED) is 0.270. The average Bonchev–Trinajstić information content (AvgIpc) is 3.55. The van der Waals surface area contributed by atoms with Crippen LogP contribution in [0.25, 0.3) is 0 Å². The minimum atomic E-state index is -0.667. The van der Waals surface area contributed by atoms with Gasteiger partial charge in [0.05, 0.1) is 43.3 Å². The summed E-state index contributed by atoms with van der Waals surface area (Å²) in [7, 11) is 2.72. The van der Waals surface area contributed by atoms with Gasteiger partial charge in [0.2, 0.25) is 0 Å². The number of carbonyl (C=O) groups excluding carboxylic acids is 3. The molecule has 0 spiro atoms. The first kappa shape index (κ1) is 32.0. The van der Waals surface area contributed by atoms with Crippen LogP contribution in [0.2, 0.25) is 0 Å². The van der Waals surface area contributed by atoms with E-state index in [1.54, 1.807) is 0 Å². The molecule has 0 saturated heterocycles. The molecule has 234 valence electrons. The molecule has 1 aromatic carbocycles. The third-order valence-electron chi connectivity index (χ3n) is 9.84. The number of carbonyl (C=O) groups is 3. The zero-order valence-electron chi connectivity index (χ0n) is 25.9. The van der Waals surface area contributed by atoms with Crippen molar-refractivity contribution in [3.05, 3.63) is 23.5 Å². The van der Waals surface area contributed by atoms with Crippen molar-refractivity contribution in [1.82, 2.24) is 10.4 Å². The first-order chi connectivity index (χ1) is 19.8. The molecule has 3 aliphatic carbocycles. The third kappa shape index (κ3) is 6.23. The standard InChI is InChI=1S/C32H46F2N2O6/c1-17(2)28(18(3)4)36(34)30(38)26-19-8-9-20(14-19)27(26)35-29(37)22-15-25(23(33)16-24(22)40-6)42-21-10-12-32(5,13-11-21)31(39)41-7/h15-21,26-28H,8-14H2,1-7H3,(H,35,37)/t19-,20+,21-,26+,27-,32+/m1/s1. The number of esters is 1. The number of nitrogens with one attached hydrogen (secondary N) is 1. The van der Waals surface area contributed by atoms with Crippen LogP contribution < -0.4 is 14.8 Å². The van der Waals surface area contributed by atoms with E-state index in [1.807, 2.05) is 34.6 Å². The molecule has 0 heterocycles. The predicted octanol–water partition coefficient (Wildman–Crippen LogP) is 5.87. The van der Waals surface area contributed by atoms with Crippen molar-refractivity contribution in [2.45, 2.75) is 97.8 Å². The van der Waals surface area contributed by atoms with E-state index in [-0.39, 0.29) is 52.8 Å². The van der Waals surface area contributed by atoms with Gasteiger partial charge in [-0.25, -0.2) is 4.39 Å². The molecule has 3 saturated carbocycles. The van der Waals surface area contributed by atoms with Gasteiger partial charge in [-0.1, -0.05) is 32.2 Å². The lowest BCUT2D eigenvalue weighted by molar-refractivity contribution is -0.165. The second-order valence-corrected chi connectivity index (χ2v) is 13.3. The predicted molar refractivity (Wildman–Crippen MR) is 153 cm³/mol. The van der Waals surface area contributed by atoms with Gasteiger partial charge in [0, 0.05) is 12.1 Å². The van der Waals surface area contributed by atoms with Gasteiger partial charge in [-0.15, -0.1) is 0 Å². The first-order valence-electron chi connectivity index (χ1n) is 15.2. The molecule has 8 nitrogen and oxygen atoms in total. The fourth-order valence-electron chi connectivity index (χ4n) is 7.61. The molecule has 3 fully saturated rings. The molecule has 4 rings (SSSR count). The molecule has 3 aliphatic rings. The maximum Gasteiger partial charge on any atom is 0.311 e. The van der Waals surface area contributed by atoms with Crippen LogP contribution in [-0.4, -0.2) is 55.3 Å². The molecular weight excluding hydrogens is 546 g/mol. The van der Waals surface area contributed by atoms with Gasteiger partial charge in [0.25, 0.3) is 11.8 Å².